The topological polar surface area (TPSA) is 104 Å². The zero-order valence-corrected chi connectivity index (χ0v) is 13.2. The van der Waals surface area contributed by atoms with Crippen molar-refractivity contribution in [3.63, 3.8) is 0 Å². The summed E-state index contributed by atoms with van der Waals surface area (Å²) in [5.74, 6) is 0.759. The molecule has 3 heterocycles. The number of hydrogen-bond acceptors (Lipinski definition) is 5. The Labute approximate surface area is 138 Å². The Hall–Kier alpha value is -2.77. The number of benzene rings is 1. The van der Waals surface area contributed by atoms with E-state index in [9.17, 15) is 9.59 Å². The quantitative estimate of drug-likeness (QED) is 0.865. The number of aromatic nitrogens is 4. The maximum Gasteiger partial charge on any atom is 0.227 e. The molecule has 124 valence electrons. The summed E-state index contributed by atoms with van der Waals surface area (Å²) in [6.07, 6.45) is 3.39. The van der Waals surface area contributed by atoms with Crippen molar-refractivity contribution in [2.45, 2.75) is 38.1 Å². The second kappa shape index (κ2) is 6.03. The Balaban J connectivity index is 1.43. The molecule has 0 bridgehead atoms. The molecule has 8 nitrogen and oxygen atoms in total. The first-order valence-electron chi connectivity index (χ1n) is 8.17. The third-order valence-corrected chi connectivity index (χ3v) is 4.67. The van der Waals surface area contributed by atoms with Crippen molar-refractivity contribution in [3.05, 3.63) is 23.8 Å². The lowest BCUT2D eigenvalue weighted by Crippen LogP contribution is -2.31. The SMILES string of the molecule is O=C1CCC(CCC(=O)N2CCc3cc(-c4nn[nH]n4)ccc32)N1. The molecular weight excluding hydrogens is 308 g/mol. The molecule has 1 aromatic heterocycles. The van der Waals surface area contributed by atoms with Crippen LogP contribution in [0.2, 0.25) is 0 Å². The highest BCUT2D eigenvalue weighted by atomic mass is 16.2. The van der Waals surface area contributed by atoms with Gasteiger partial charge in [-0.25, -0.2) is 0 Å². The summed E-state index contributed by atoms with van der Waals surface area (Å²) >= 11 is 0. The van der Waals surface area contributed by atoms with E-state index < -0.39 is 0 Å². The smallest absolute Gasteiger partial charge is 0.227 e. The van der Waals surface area contributed by atoms with E-state index >= 15 is 0 Å². The molecular formula is C16H18N6O2. The van der Waals surface area contributed by atoms with E-state index in [0.717, 1.165) is 29.7 Å². The summed E-state index contributed by atoms with van der Waals surface area (Å²) in [6, 6.07) is 6.02. The van der Waals surface area contributed by atoms with Crippen molar-refractivity contribution in [2.75, 3.05) is 11.4 Å². The first-order valence-corrected chi connectivity index (χ1v) is 8.17. The van der Waals surface area contributed by atoms with Crippen LogP contribution < -0.4 is 10.2 Å². The summed E-state index contributed by atoms with van der Waals surface area (Å²) < 4.78 is 0. The van der Waals surface area contributed by atoms with Crippen LogP contribution in [0.1, 0.15) is 31.2 Å². The Morgan fingerprint density at radius 3 is 3.00 bits per heavy atom. The summed E-state index contributed by atoms with van der Waals surface area (Å²) in [5, 5.41) is 16.9. The van der Waals surface area contributed by atoms with E-state index in [1.807, 2.05) is 23.1 Å². The molecule has 2 amide bonds. The zero-order valence-electron chi connectivity index (χ0n) is 13.2. The standard InChI is InChI=1S/C16H18N6O2/c23-14-5-2-12(17-14)3-6-15(24)22-8-7-10-9-11(1-4-13(10)22)16-18-20-21-19-16/h1,4,9,12H,2-3,5-8H2,(H,17,23)(H,18,19,20,21). The number of amides is 2. The first-order chi connectivity index (χ1) is 11.7. The summed E-state index contributed by atoms with van der Waals surface area (Å²) in [7, 11) is 0. The lowest BCUT2D eigenvalue weighted by Gasteiger charge is -2.18. The molecule has 2 N–H and O–H groups in total. The van der Waals surface area contributed by atoms with Crippen LogP contribution in [0.25, 0.3) is 11.4 Å². The van der Waals surface area contributed by atoms with Gasteiger partial charge < -0.3 is 10.2 Å². The van der Waals surface area contributed by atoms with E-state index in [1.165, 1.54) is 0 Å². The molecule has 4 rings (SSSR count). The van der Waals surface area contributed by atoms with E-state index in [1.54, 1.807) is 0 Å². The van der Waals surface area contributed by atoms with E-state index in [4.69, 9.17) is 0 Å². The van der Waals surface area contributed by atoms with Crippen molar-refractivity contribution in [1.29, 1.82) is 0 Å². The number of carbonyl (C=O) groups is 2. The molecule has 1 saturated heterocycles. The number of carbonyl (C=O) groups excluding carboxylic acids is 2. The molecule has 1 fully saturated rings. The van der Waals surface area contributed by atoms with Gasteiger partial charge in [0, 0.05) is 36.7 Å². The molecule has 0 radical (unpaired) electrons. The van der Waals surface area contributed by atoms with Crippen LogP contribution in [0.3, 0.4) is 0 Å². The molecule has 0 aliphatic carbocycles. The highest BCUT2D eigenvalue weighted by molar-refractivity contribution is 5.96. The van der Waals surface area contributed by atoms with Gasteiger partial charge >= 0.3 is 0 Å². The van der Waals surface area contributed by atoms with Crippen molar-refractivity contribution < 1.29 is 9.59 Å². The summed E-state index contributed by atoms with van der Waals surface area (Å²) in [5.41, 5.74) is 2.98. The molecule has 1 atom stereocenters. The van der Waals surface area contributed by atoms with Gasteiger partial charge in [0.2, 0.25) is 17.6 Å². The molecule has 24 heavy (non-hydrogen) atoms. The number of nitrogens with one attached hydrogen (secondary N) is 2. The second-order valence-corrected chi connectivity index (χ2v) is 6.22. The molecule has 0 saturated carbocycles. The van der Waals surface area contributed by atoms with Gasteiger partial charge in [-0.15, -0.1) is 10.2 Å². The van der Waals surface area contributed by atoms with Gasteiger partial charge in [-0.05, 0) is 48.2 Å². The molecule has 1 aromatic carbocycles. The van der Waals surface area contributed by atoms with Crippen LogP contribution in [0.4, 0.5) is 5.69 Å². The highest BCUT2D eigenvalue weighted by Crippen LogP contribution is 2.32. The lowest BCUT2D eigenvalue weighted by molar-refractivity contribution is -0.120. The van der Waals surface area contributed by atoms with Gasteiger partial charge in [0.25, 0.3) is 0 Å². The largest absolute Gasteiger partial charge is 0.353 e. The number of rotatable bonds is 4. The maximum absolute atomic E-state index is 12.5. The van der Waals surface area contributed by atoms with Crippen molar-refractivity contribution in [3.8, 4) is 11.4 Å². The van der Waals surface area contributed by atoms with Crippen molar-refractivity contribution in [1.82, 2.24) is 25.9 Å². The highest BCUT2D eigenvalue weighted by Gasteiger charge is 2.27. The zero-order chi connectivity index (χ0) is 16.5. The van der Waals surface area contributed by atoms with Crippen molar-refractivity contribution in [2.24, 2.45) is 0 Å². The van der Waals surface area contributed by atoms with Gasteiger partial charge in [0.05, 0.1) is 0 Å². The minimum absolute atomic E-state index is 0.0907. The number of tetrazole rings is 1. The second-order valence-electron chi connectivity index (χ2n) is 6.22. The van der Waals surface area contributed by atoms with Crippen LogP contribution >= 0.6 is 0 Å². The molecule has 2 aliphatic heterocycles. The predicted molar refractivity (Wildman–Crippen MR) is 86.1 cm³/mol. The van der Waals surface area contributed by atoms with Gasteiger partial charge in [0.15, 0.2) is 0 Å². The van der Waals surface area contributed by atoms with Gasteiger partial charge in [-0.1, -0.05) is 0 Å². The minimum Gasteiger partial charge on any atom is -0.353 e. The molecule has 2 aliphatic rings. The number of anilines is 1. The number of H-pyrrole nitrogens is 1. The third-order valence-electron chi connectivity index (χ3n) is 4.67. The Bertz CT molecular complexity index is 773. The summed E-state index contributed by atoms with van der Waals surface area (Å²) in [4.78, 5) is 25.6. The van der Waals surface area contributed by atoms with Crippen molar-refractivity contribution >= 4 is 17.5 Å². The molecule has 2 aromatic rings. The molecule has 8 heteroatoms. The van der Waals surface area contributed by atoms with E-state index in [0.29, 0.717) is 31.6 Å². The Morgan fingerprint density at radius 2 is 2.25 bits per heavy atom. The minimum atomic E-state index is 0.0907. The monoisotopic (exact) mass is 326 g/mol. The van der Waals surface area contributed by atoms with Crippen LogP contribution in [0, 0.1) is 0 Å². The number of fused-ring (bicyclic) bond motifs is 1. The van der Waals surface area contributed by atoms with Gasteiger partial charge in [0.1, 0.15) is 0 Å². The third kappa shape index (κ3) is 2.75. The molecule has 1 unspecified atom stereocenters. The van der Waals surface area contributed by atoms with Gasteiger partial charge in [-0.2, -0.15) is 5.21 Å². The van der Waals surface area contributed by atoms with Crippen LogP contribution in [0.5, 0.6) is 0 Å². The average molecular weight is 326 g/mol. The Kier molecular flexibility index (Phi) is 3.72. The first kappa shape index (κ1) is 14.8. The number of nitrogens with zero attached hydrogens (tertiary/aromatic N) is 4. The number of aromatic amines is 1. The van der Waals surface area contributed by atoms with Crippen LogP contribution in [0.15, 0.2) is 18.2 Å². The van der Waals surface area contributed by atoms with Crippen LogP contribution in [-0.2, 0) is 16.0 Å². The normalized spacial score (nSPS) is 19.4. The van der Waals surface area contributed by atoms with E-state index in [2.05, 4.69) is 25.9 Å². The average Bonchev–Trinajstić information content (AvgIpc) is 3.32. The van der Waals surface area contributed by atoms with Gasteiger partial charge in [-0.3, -0.25) is 9.59 Å². The van der Waals surface area contributed by atoms with E-state index in [-0.39, 0.29) is 17.9 Å². The summed E-state index contributed by atoms with van der Waals surface area (Å²) in [6.45, 7) is 0.695. The number of hydrogen-bond donors (Lipinski definition) is 2. The predicted octanol–water partition coefficient (Wildman–Crippen LogP) is 0.815. The fraction of sp³-hybridized carbons (Fsp3) is 0.438. The molecule has 0 spiro atoms. The maximum atomic E-state index is 12.5. The Morgan fingerprint density at radius 1 is 1.33 bits per heavy atom. The fourth-order valence-electron chi connectivity index (χ4n) is 3.41. The fourth-order valence-corrected chi connectivity index (χ4v) is 3.41. The lowest BCUT2D eigenvalue weighted by atomic mass is 10.1. The van der Waals surface area contributed by atoms with Crippen LogP contribution in [-0.4, -0.2) is 45.0 Å².